The van der Waals surface area contributed by atoms with Gasteiger partial charge in [-0.25, -0.2) is 0 Å². The number of aliphatic hydroxyl groups is 1. The van der Waals surface area contributed by atoms with Crippen molar-refractivity contribution in [1.29, 1.82) is 0 Å². The Balaban J connectivity index is 2.37. The maximum Gasteiger partial charge on any atom is 0.168 e. The van der Waals surface area contributed by atoms with E-state index in [-0.39, 0.29) is 12.6 Å². The number of ether oxygens (including phenoxy) is 2. The van der Waals surface area contributed by atoms with Gasteiger partial charge in [0.05, 0.1) is 19.3 Å². The van der Waals surface area contributed by atoms with Gasteiger partial charge in [0, 0.05) is 16.6 Å². The van der Waals surface area contributed by atoms with Gasteiger partial charge in [-0.05, 0) is 37.8 Å². The van der Waals surface area contributed by atoms with Crippen molar-refractivity contribution in [1.82, 2.24) is 0 Å². The van der Waals surface area contributed by atoms with Gasteiger partial charge in [0.2, 0.25) is 0 Å². The molecule has 0 aliphatic heterocycles. The Kier molecular flexibility index (Phi) is 5.07. The quantitative estimate of drug-likeness (QED) is 0.871. The molecular formula is C14H20BrNO3. The molecule has 1 aliphatic rings. The van der Waals surface area contributed by atoms with Crippen LogP contribution in [-0.4, -0.2) is 24.9 Å². The lowest BCUT2D eigenvalue weighted by Gasteiger charge is -2.22. The highest BCUT2D eigenvalue weighted by Gasteiger charge is 2.24. The van der Waals surface area contributed by atoms with Crippen LogP contribution in [0.5, 0.6) is 11.5 Å². The minimum absolute atomic E-state index is 0.146. The fourth-order valence-electron chi connectivity index (χ4n) is 2.44. The zero-order valence-electron chi connectivity index (χ0n) is 11.1. The molecule has 106 valence electrons. The third kappa shape index (κ3) is 3.22. The normalized spacial score (nSPS) is 17.5. The van der Waals surface area contributed by atoms with E-state index in [1.165, 1.54) is 12.8 Å². The van der Waals surface area contributed by atoms with Crippen molar-refractivity contribution >= 4 is 15.9 Å². The highest BCUT2D eigenvalue weighted by Crippen LogP contribution is 2.41. The van der Waals surface area contributed by atoms with Crippen LogP contribution in [0.4, 0.5) is 0 Å². The van der Waals surface area contributed by atoms with Crippen LogP contribution >= 0.6 is 15.9 Å². The van der Waals surface area contributed by atoms with E-state index < -0.39 is 6.10 Å². The Morgan fingerprint density at radius 3 is 2.68 bits per heavy atom. The molecular weight excluding hydrogens is 310 g/mol. The molecule has 1 fully saturated rings. The summed E-state index contributed by atoms with van der Waals surface area (Å²) in [5.74, 6) is 1.25. The molecule has 1 atom stereocenters. The van der Waals surface area contributed by atoms with E-state index in [0.717, 1.165) is 17.3 Å². The highest BCUT2D eigenvalue weighted by atomic mass is 79.9. The first-order valence-electron chi connectivity index (χ1n) is 6.58. The van der Waals surface area contributed by atoms with Gasteiger partial charge in [0.15, 0.2) is 11.5 Å². The molecule has 0 amide bonds. The van der Waals surface area contributed by atoms with Gasteiger partial charge >= 0.3 is 0 Å². The third-order valence-electron chi connectivity index (χ3n) is 3.47. The summed E-state index contributed by atoms with van der Waals surface area (Å²) in [5.41, 5.74) is 6.25. The van der Waals surface area contributed by atoms with Gasteiger partial charge < -0.3 is 20.3 Å². The van der Waals surface area contributed by atoms with Crippen molar-refractivity contribution < 1.29 is 14.6 Å². The maximum absolute atomic E-state index is 10.1. The van der Waals surface area contributed by atoms with E-state index in [9.17, 15) is 5.11 Å². The standard InChI is InChI=1S/C14H20BrNO3/c1-18-12-7-6-10(15)13(11(17)8-16)14(12)19-9-4-2-3-5-9/h6-7,9,11,17H,2-5,8,16H2,1H3. The van der Waals surface area contributed by atoms with E-state index in [4.69, 9.17) is 15.2 Å². The molecule has 1 aliphatic carbocycles. The van der Waals surface area contributed by atoms with Gasteiger partial charge in [-0.3, -0.25) is 0 Å². The Hall–Kier alpha value is -0.780. The predicted octanol–water partition coefficient (Wildman–Crippen LogP) is 2.77. The summed E-state index contributed by atoms with van der Waals surface area (Å²) < 4.78 is 12.2. The number of benzene rings is 1. The van der Waals surface area contributed by atoms with E-state index in [1.807, 2.05) is 12.1 Å². The van der Waals surface area contributed by atoms with Crippen LogP contribution < -0.4 is 15.2 Å². The van der Waals surface area contributed by atoms with Gasteiger partial charge in [-0.15, -0.1) is 0 Å². The summed E-state index contributed by atoms with van der Waals surface area (Å²) in [6.45, 7) is 0.146. The summed E-state index contributed by atoms with van der Waals surface area (Å²) in [6, 6.07) is 3.68. The van der Waals surface area contributed by atoms with Crippen molar-refractivity contribution in [3.05, 3.63) is 22.2 Å². The van der Waals surface area contributed by atoms with Gasteiger partial charge in [-0.2, -0.15) is 0 Å². The molecule has 0 aromatic heterocycles. The summed E-state index contributed by atoms with van der Waals surface area (Å²) in [4.78, 5) is 0. The Morgan fingerprint density at radius 1 is 1.42 bits per heavy atom. The molecule has 1 saturated carbocycles. The minimum Gasteiger partial charge on any atom is -0.493 e. The first-order valence-corrected chi connectivity index (χ1v) is 7.37. The molecule has 2 rings (SSSR count). The first-order chi connectivity index (χ1) is 9.17. The van der Waals surface area contributed by atoms with Crippen molar-refractivity contribution in [3.8, 4) is 11.5 Å². The SMILES string of the molecule is COc1ccc(Br)c(C(O)CN)c1OC1CCCC1. The highest BCUT2D eigenvalue weighted by molar-refractivity contribution is 9.10. The zero-order valence-corrected chi connectivity index (χ0v) is 12.6. The molecule has 1 unspecified atom stereocenters. The molecule has 1 aromatic rings. The molecule has 0 bridgehead atoms. The number of hydrogen-bond donors (Lipinski definition) is 2. The van der Waals surface area contributed by atoms with Crippen LogP contribution in [0.3, 0.4) is 0 Å². The summed E-state index contributed by atoms with van der Waals surface area (Å²) in [5, 5.41) is 10.1. The van der Waals surface area contributed by atoms with Gasteiger partial charge in [0.25, 0.3) is 0 Å². The molecule has 1 aromatic carbocycles. The van der Waals surface area contributed by atoms with E-state index in [1.54, 1.807) is 7.11 Å². The van der Waals surface area contributed by atoms with Crippen molar-refractivity contribution in [2.75, 3.05) is 13.7 Å². The smallest absolute Gasteiger partial charge is 0.168 e. The largest absolute Gasteiger partial charge is 0.493 e. The van der Waals surface area contributed by atoms with Crippen molar-refractivity contribution in [2.24, 2.45) is 5.73 Å². The number of methoxy groups -OCH3 is 1. The molecule has 3 N–H and O–H groups in total. The molecule has 19 heavy (non-hydrogen) atoms. The third-order valence-corrected chi connectivity index (χ3v) is 4.16. The van der Waals surface area contributed by atoms with E-state index >= 15 is 0 Å². The monoisotopic (exact) mass is 329 g/mol. The second-order valence-electron chi connectivity index (χ2n) is 4.77. The van der Waals surface area contributed by atoms with Crippen LogP contribution in [0, 0.1) is 0 Å². The average Bonchev–Trinajstić information content (AvgIpc) is 2.91. The lowest BCUT2D eigenvalue weighted by atomic mass is 10.1. The van der Waals surface area contributed by atoms with Crippen LogP contribution in [0.1, 0.15) is 37.4 Å². The topological polar surface area (TPSA) is 64.7 Å². The van der Waals surface area contributed by atoms with Crippen LogP contribution in [0.25, 0.3) is 0 Å². The second kappa shape index (κ2) is 6.59. The molecule has 0 heterocycles. The number of aliphatic hydroxyl groups excluding tert-OH is 1. The number of rotatable bonds is 5. The predicted molar refractivity (Wildman–Crippen MR) is 77.6 cm³/mol. The molecule has 0 radical (unpaired) electrons. The fourth-order valence-corrected chi connectivity index (χ4v) is 3.02. The molecule has 4 nitrogen and oxygen atoms in total. The van der Waals surface area contributed by atoms with Crippen molar-refractivity contribution in [3.63, 3.8) is 0 Å². The summed E-state index contributed by atoms with van der Waals surface area (Å²) >= 11 is 3.45. The van der Waals surface area contributed by atoms with Gasteiger partial charge in [-0.1, -0.05) is 15.9 Å². The average molecular weight is 330 g/mol. The lowest BCUT2D eigenvalue weighted by Crippen LogP contribution is -2.17. The van der Waals surface area contributed by atoms with E-state index in [2.05, 4.69) is 15.9 Å². The number of nitrogens with two attached hydrogens (primary N) is 1. The van der Waals surface area contributed by atoms with Crippen molar-refractivity contribution in [2.45, 2.75) is 37.9 Å². The number of halogens is 1. The van der Waals surface area contributed by atoms with Crippen LogP contribution in [-0.2, 0) is 0 Å². The maximum atomic E-state index is 10.1. The lowest BCUT2D eigenvalue weighted by molar-refractivity contribution is 0.161. The summed E-state index contributed by atoms with van der Waals surface area (Å²) in [6.07, 6.45) is 3.92. The Labute approximate surface area is 122 Å². The second-order valence-corrected chi connectivity index (χ2v) is 5.62. The minimum atomic E-state index is -0.763. The van der Waals surface area contributed by atoms with E-state index in [0.29, 0.717) is 17.1 Å². The zero-order chi connectivity index (χ0) is 13.8. The molecule has 0 saturated heterocycles. The number of hydrogen-bond acceptors (Lipinski definition) is 4. The Bertz CT molecular complexity index is 433. The fraction of sp³-hybridized carbons (Fsp3) is 0.571. The summed E-state index contributed by atoms with van der Waals surface area (Å²) in [7, 11) is 1.60. The Morgan fingerprint density at radius 2 is 2.11 bits per heavy atom. The van der Waals surface area contributed by atoms with Gasteiger partial charge in [0.1, 0.15) is 0 Å². The van der Waals surface area contributed by atoms with Crippen LogP contribution in [0.2, 0.25) is 0 Å². The molecule has 0 spiro atoms. The van der Waals surface area contributed by atoms with Crippen LogP contribution in [0.15, 0.2) is 16.6 Å². The first kappa shape index (κ1) is 14.6. The molecule has 5 heteroatoms.